The van der Waals surface area contributed by atoms with Gasteiger partial charge >= 0.3 is 0 Å². The van der Waals surface area contributed by atoms with Gasteiger partial charge in [-0.25, -0.2) is 9.97 Å². The number of para-hydroxylation sites is 1. The van der Waals surface area contributed by atoms with Crippen LogP contribution in [0, 0.1) is 5.41 Å². The first-order valence-corrected chi connectivity index (χ1v) is 6.72. The number of aromatic nitrogens is 2. The second kappa shape index (κ2) is 6.05. The van der Waals surface area contributed by atoms with Crippen LogP contribution < -0.4 is 10.5 Å². The van der Waals surface area contributed by atoms with E-state index in [2.05, 4.69) is 9.97 Å². The Labute approximate surface area is 127 Å². The minimum absolute atomic E-state index is 0.282. The molecule has 0 saturated carbocycles. The summed E-state index contributed by atoms with van der Waals surface area (Å²) < 4.78 is 5.72. The van der Waals surface area contributed by atoms with E-state index in [0.29, 0.717) is 17.1 Å². The van der Waals surface area contributed by atoms with Crippen LogP contribution in [-0.2, 0) is 0 Å². The van der Waals surface area contributed by atoms with E-state index in [1.807, 2.05) is 54.6 Å². The molecule has 0 radical (unpaired) electrons. The molecule has 22 heavy (non-hydrogen) atoms. The van der Waals surface area contributed by atoms with Crippen LogP contribution in [0.2, 0.25) is 0 Å². The Bertz CT molecular complexity index is 785. The van der Waals surface area contributed by atoms with Crippen LogP contribution in [0.3, 0.4) is 0 Å². The molecule has 5 heteroatoms. The van der Waals surface area contributed by atoms with Crippen molar-refractivity contribution in [3.05, 3.63) is 78.2 Å². The first kappa shape index (κ1) is 13.8. The van der Waals surface area contributed by atoms with E-state index in [1.165, 1.54) is 6.33 Å². The van der Waals surface area contributed by atoms with Gasteiger partial charge in [-0.15, -0.1) is 0 Å². The molecule has 0 aliphatic heterocycles. The standard InChI is InChI=1S/C17H14N4O/c18-16(15-10-20-11-21-17(15)19)12-6-8-14(9-7-12)22-13-4-2-1-3-5-13/h1-11,18H,(H2,19,20,21). The lowest BCUT2D eigenvalue weighted by Gasteiger charge is -2.08. The maximum Gasteiger partial charge on any atom is 0.136 e. The summed E-state index contributed by atoms with van der Waals surface area (Å²) in [6.07, 6.45) is 2.90. The number of nitrogen functional groups attached to an aromatic ring is 1. The van der Waals surface area contributed by atoms with Crippen LogP contribution in [0.25, 0.3) is 0 Å². The van der Waals surface area contributed by atoms with Gasteiger partial charge in [-0.3, -0.25) is 5.41 Å². The summed E-state index contributed by atoms with van der Waals surface area (Å²) in [5.41, 5.74) is 7.29. The molecule has 0 amide bonds. The predicted molar refractivity (Wildman–Crippen MR) is 85.3 cm³/mol. The van der Waals surface area contributed by atoms with Crippen LogP contribution in [0.15, 0.2) is 67.1 Å². The SMILES string of the molecule is N=C(c1ccc(Oc2ccccc2)cc1)c1cncnc1N. The van der Waals surface area contributed by atoms with Crippen molar-refractivity contribution in [2.45, 2.75) is 0 Å². The molecule has 0 fully saturated rings. The summed E-state index contributed by atoms with van der Waals surface area (Å²) in [4.78, 5) is 7.81. The molecule has 1 aromatic heterocycles. The van der Waals surface area contributed by atoms with Crippen LogP contribution >= 0.6 is 0 Å². The number of anilines is 1. The molecule has 0 spiro atoms. The Kier molecular flexibility index (Phi) is 3.78. The van der Waals surface area contributed by atoms with Gasteiger partial charge in [-0.1, -0.05) is 18.2 Å². The van der Waals surface area contributed by atoms with E-state index < -0.39 is 0 Å². The molecular formula is C17H14N4O. The highest BCUT2D eigenvalue weighted by Crippen LogP contribution is 2.22. The minimum Gasteiger partial charge on any atom is -0.457 e. The number of rotatable bonds is 4. The Morgan fingerprint density at radius 1 is 0.955 bits per heavy atom. The molecule has 108 valence electrons. The van der Waals surface area contributed by atoms with Crippen LogP contribution in [-0.4, -0.2) is 15.7 Å². The van der Waals surface area contributed by atoms with Crippen LogP contribution in [0.4, 0.5) is 5.82 Å². The Hall–Kier alpha value is -3.21. The van der Waals surface area contributed by atoms with Gasteiger partial charge in [0, 0.05) is 11.8 Å². The van der Waals surface area contributed by atoms with Gasteiger partial charge in [-0.2, -0.15) is 0 Å². The summed E-state index contributed by atoms with van der Waals surface area (Å²) >= 11 is 0. The highest BCUT2D eigenvalue weighted by molar-refractivity contribution is 6.13. The average Bonchev–Trinajstić information content (AvgIpc) is 2.56. The van der Waals surface area contributed by atoms with E-state index in [4.69, 9.17) is 15.9 Å². The molecule has 3 N–H and O–H groups in total. The Balaban J connectivity index is 1.80. The van der Waals surface area contributed by atoms with Gasteiger partial charge in [0.2, 0.25) is 0 Å². The molecule has 1 heterocycles. The van der Waals surface area contributed by atoms with Gasteiger partial charge < -0.3 is 10.5 Å². The summed E-state index contributed by atoms with van der Waals surface area (Å²) in [7, 11) is 0. The zero-order valence-electron chi connectivity index (χ0n) is 11.7. The number of hydrogen-bond acceptors (Lipinski definition) is 5. The molecule has 0 atom stereocenters. The number of ether oxygens (including phenoxy) is 1. The van der Waals surface area contributed by atoms with Crippen LogP contribution in [0.1, 0.15) is 11.1 Å². The number of nitrogens with two attached hydrogens (primary N) is 1. The zero-order valence-corrected chi connectivity index (χ0v) is 11.7. The number of benzene rings is 2. The molecule has 0 bridgehead atoms. The third-order valence-corrected chi connectivity index (χ3v) is 3.13. The van der Waals surface area contributed by atoms with Gasteiger partial charge in [0.25, 0.3) is 0 Å². The van der Waals surface area contributed by atoms with E-state index in [0.717, 1.165) is 11.3 Å². The van der Waals surface area contributed by atoms with Crippen LogP contribution in [0.5, 0.6) is 11.5 Å². The summed E-state index contributed by atoms with van der Waals surface area (Å²) in [5.74, 6) is 1.77. The second-order valence-electron chi connectivity index (χ2n) is 4.64. The summed E-state index contributed by atoms with van der Waals surface area (Å²) in [5, 5.41) is 8.20. The monoisotopic (exact) mass is 290 g/mol. The molecule has 0 aliphatic rings. The van der Waals surface area contributed by atoms with Crippen molar-refractivity contribution in [3.63, 3.8) is 0 Å². The molecule has 2 aromatic carbocycles. The Morgan fingerprint density at radius 2 is 1.64 bits per heavy atom. The van der Waals surface area contributed by atoms with E-state index in [-0.39, 0.29) is 5.71 Å². The smallest absolute Gasteiger partial charge is 0.136 e. The fraction of sp³-hybridized carbons (Fsp3) is 0. The van der Waals surface area contributed by atoms with Crippen molar-refractivity contribution < 1.29 is 4.74 Å². The van der Waals surface area contributed by atoms with Gasteiger partial charge in [-0.05, 0) is 36.4 Å². The topological polar surface area (TPSA) is 84.9 Å². The maximum absolute atomic E-state index is 8.20. The number of nitrogens with zero attached hydrogens (tertiary/aromatic N) is 2. The molecule has 3 aromatic rings. The van der Waals surface area contributed by atoms with Crippen molar-refractivity contribution in [1.29, 1.82) is 5.41 Å². The fourth-order valence-corrected chi connectivity index (χ4v) is 2.00. The van der Waals surface area contributed by atoms with Crippen molar-refractivity contribution in [2.24, 2.45) is 0 Å². The first-order valence-electron chi connectivity index (χ1n) is 6.72. The number of hydrogen-bond donors (Lipinski definition) is 2. The minimum atomic E-state index is 0.282. The van der Waals surface area contributed by atoms with Crippen molar-refractivity contribution in [2.75, 3.05) is 5.73 Å². The van der Waals surface area contributed by atoms with Gasteiger partial charge in [0.15, 0.2) is 0 Å². The van der Waals surface area contributed by atoms with E-state index in [1.54, 1.807) is 6.20 Å². The van der Waals surface area contributed by atoms with Gasteiger partial charge in [0.05, 0.1) is 11.3 Å². The summed E-state index contributed by atoms with van der Waals surface area (Å²) in [6, 6.07) is 16.8. The van der Waals surface area contributed by atoms with E-state index in [9.17, 15) is 0 Å². The first-order chi connectivity index (χ1) is 10.7. The molecule has 0 aliphatic carbocycles. The second-order valence-corrected chi connectivity index (χ2v) is 4.64. The van der Waals surface area contributed by atoms with Crippen molar-refractivity contribution in [3.8, 4) is 11.5 Å². The highest BCUT2D eigenvalue weighted by atomic mass is 16.5. The average molecular weight is 290 g/mol. The summed E-state index contributed by atoms with van der Waals surface area (Å²) in [6.45, 7) is 0. The lowest BCUT2D eigenvalue weighted by atomic mass is 10.0. The largest absolute Gasteiger partial charge is 0.457 e. The maximum atomic E-state index is 8.20. The molecular weight excluding hydrogens is 276 g/mol. The highest BCUT2D eigenvalue weighted by Gasteiger charge is 2.09. The van der Waals surface area contributed by atoms with Crippen molar-refractivity contribution in [1.82, 2.24) is 9.97 Å². The quantitative estimate of drug-likeness (QED) is 0.722. The predicted octanol–water partition coefficient (Wildman–Crippen LogP) is 3.27. The molecule has 0 unspecified atom stereocenters. The van der Waals surface area contributed by atoms with E-state index >= 15 is 0 Å². The molecule has 3 rings (SSSR count). The van der Waals surface area contributed by atoms with Gasteiger partial charge in [0.1, 0.15) is 23.6 Å². The number of nitrogens with one attached hydrogen (secondary N) is 1. The zero-order chi connectivity index (χ0) is 15.4. The Morgan fingerprint density at radius 3 is 2.32 bits per heavy atom. The lowest BCUT2D eigenvalue weighted by Crippen LogP contribution is -2.07. The molecule has 5 nitrogen and oxygen atoms in total. The van der Waals surface area contributed by atoms with Crippen molar-refractivity contribution >= 4 is 11.5 Å². The fourth-order valence-electron chi connectivity index (χ4n) is 2.00. The third kappa shape index (κ3) is 2.93. The molecule has 0 saturated heterocycles. The normalized spacial score (nSPS) is 10.2. The lowest BCUT2D eigenvalue weighted by molar-refractivity contribution is 0.482. The third-order valence-electron chi connectivity index (χ3n) is 3.13.